The fraction of sp³-hybridized carbons (Fsp3) is 0.385. The summed E-state index contributed by atoms with van der Waals surface area (Å²) in [5.41, 5.74) is 3.14. The summed E-state index contributed by atoms with van der Waals surface area (Å²) >= 11 is 0. The van der Waals surface area contributed by atoms with Crippen LogP contribution >= 0.6 is 0 Å². The summed E-state index contributed by atoms with van der Waals surface area (Å²) in [5, 5.41) is 2.84. The number of carbonyl (C=O) groups is 1. The molecular weight excluding hydrogens is 214 g/mol. The average Bonchev–Trinajstić information content (AvgIpc) is 2.67. The summed E-state index contributed by atoms with van der Waals surface area (Å²) in [6.07, 6.45) is 0. The SMILES string of the molecule is Cc1ccc2nc(CNC(=O)C(C)C)[nH]c2c1. The molecule has 0 unspecified atom stereocenters. The molecule has 17 heavy (non-hydrogen) atoms. The minimum atomic E-state index is 0.00150. The van der Waals surface area contributed by atoms with Crippen LogP contribution in [0, 0.1) is 12.8 Å². The number of aromatic amines is 1. The first kappa shape index (κ1) is 11.6. The van der Waals surface area contributed by atoms with E-state index in [1.54, 1.807) is 0 Å². The molecule has 0 atom stereocenters. The molecule has 0 radical (unpaired) electrons. The number of aromatic nitrogens is 2. The van der Waals surface area contributed by atoms with Crippen LogP contribution in [0.2, 0.25) is 0 Å². The number of imidazole rings is 1. The Bertz CT molecular complexity index is 543. The predicted molar refractivity (Wildman–Crippen MR) is 67.5 cm³/mol. The number of aryl methyl sites for hydroxylation is 1. The highest BCUT2D eigenvalue weighted by Crippen LogP contribution is 2.13. The van der Waals surface area contributed by atoms with Gasteiger partial charge in [-0.1, -0.05) is 19.9 Å². The van der Waals surface area contributed by atoms with Crippen molar-refractivity contribution < 1.29 is 4.79 Å². The second-order valence-corrected chi connectivity index (χ2v) is 4.58. The van der Waals surface area contributed by atoms with Gasteiger partial charge in [-0.2, -0.15) is 0 Å². The zero-order valence-electron chi connectivity index (χ0n) is 10.4. The van der Waals surface area contributed by atoms with Gasteiger partial charge < -0.3 is 10.3 Å². The highest BCUT2D eigenvalue weighted by molar-refractivity contribution is 5.78. The normalized spacial score (nSPS) is 11.1. The van der Waals surface area contributed by atoms with Crippen LogP contribution in [-0.2, 0) is 11.3 Å². The predicted octanol–water partition coefficient (Wildman–Crippen LogP) is 2.14. The molecule has 2 aromatic rings. The molecule has 0 aliphatic carbocycles. The minimum absolute atomic E-state index is 0.00150. The molecule has 0 aliphatic rings. The van der Waals surface area contributed by atoms with Crippen molar-refractivity contribution in [1.29, 1.82) is 0 Å². The topological polar surface area (TPSA) is 57.8 Å². The molecular formula is C13H17N3O. The fourth-order valence-electron chi connectivity index (χ4n) is 1.63. The number of nitrogens with zero attached hydrogens (tertiary/aromatic N) is 1. The van der Waals surface area contributed by atoms with E-state index in [2.05, 4.69) is 21.4 Å². The number of carbonyl (C=O) groups excluding carboxylic acids is 1. The Morgan fingerprint density at radius 2 is 2.24 bits per heavy atom. The summed E-state index contributed by atoms with van der Waals surface area (Å²) in [6.45, 7) is 6.24. The van der Waals surface area contributed by atoms with Gasteiger partial charge in [0.25, 0.3) is 0 Å². The maximum absolute atomic E-state index is 11.4. The van der Waals surface area contributed by atoms with Gasteiger partial charge in [-0.3, -0.25) is 4.79 Å². The smallest absolute Gasteiger partial charge is 0.222 e. The Hall–Kier alpha value is -1.84. The second kappa shape index (κ2) is 4.57. The van der Waals surface area contributed by atoms with Crippen molar-refractivity contribution in [2.45, 2.75) is 27.3 Å². The van der Waals surface area contributed by atoms with E-state index in [9.17, 15) is 4.79 Å². The molecule has 4 heteroatoms. The van der Waals surface area contributed by atoms with Crippen molar-refractivity contribution in [2.24, 2.45) is 5.92 Å². The molecule has 90 valence electrons. The van der Waals surface area contributed by atoms with Crippen LogP contribution in [0.3, 0.4) is 0 Å². The Balaban J connectivity index is 2.12. The third-order valence-electron chi connectivity index (χ3n) is 2.64. The Morgan fingerprint density at radius 1 is 1.47 bits per heavy atom. The number of fused-ring (bicyclic) bond motifs is 1. The van der Waals surface area contributed by atoms with Crippen LogP contribution < -0.4 is 5.32 Å². The van der Waals surface area contributed by atoms with Gasteiger partial charge in [0.2, 0.25) is 5.91 Å². The summed E-state index contributed by atoms with van der Waals surface area (Å²) in [4.78, 5) is 19.1. The zero-order chi connectivity index (χ0) is 12.4. The molecule has 4 nitrogen and oxygen atoms in total. The molecule has 0 saturated carbocycles. The van der Waals surface area contributed by atoms with E-state index in [-0.39, 0.29) is 11.8 Å². The molecule has 0 spiro atoms. The summed E-state index contributed by atoms with van der Waals surface area (Å²) in [5.74, 6) is 0.836. The molecule has 0 aliphatic heterocycles. The number of hydrogen-bond acceptors (Lipinski definition) is 2. The van der Waals surface area contributed by atoms with Crippen molar-refractivity contribution in [3.63, 3.8) is 0 Å². The number of benzene rings is 1. The van der Waals surface area contributed by atoms with E-state index in [0.717, 1.165) is 16.9 Å². The lowest BCUT2D eigenvalue weighted by atomic mass is 10.2. The molecule has 1 heterocycles. The number of rotatable bonds is 3. The molecule has 0 saturated heterocycles. The zero-order valence-corrected chi connectivity index (χ0v) is 10.4. The first-order valence-corrected chi connectivity index (χ1v) is 5.79. The van der Waals surface area contributed by atoms with Gasteiger partial charge in [0.05, 0.1) is 17.6 Å². The molecule has 2 rings (SSSR count). The third-order valence-corrected chi connectivity index (χ3v) is 2.64. The van der Waals surface area contributed by atoms with Crippen LogP contribution in [0.1, 0.15) is 25.2 Å². The number of H-pyrrole nitrogens is 1. The van der Waals surface area contributed by atoms with Gasteiger partial charge in [0.1, 0.15) is 5.82 Å². The van der Waals surface area contributed by atoms with Gasteiger partial charge in [-0.25, -0.2) is 4.98 Å². The molecule has 0 fully saturated rings. The minimum Gasteiger partial charge on any atom is -0.349 e. The summed E-state index contributed by atoms with van der Waals surface area (Å²) in [7, 11) is 0. The first-order chi connectivity index (χ1) is 8.06. The summed E-state index contributed by atoms with van der Waals surface area (Å²) < 4.78 is 0. The van der Waals surface area contributed by atoms with Crippen LogP contribution in [0.15, 0.2) is 18.2 Å². The van der Waals surface area contributed by atoms with Crippen molar-refractivity contribution in [3.8, 4) is 0 Å². The molecule has 2 N–H and O–H groups in total. The highest BCUT2D eigenvalue weighted by Gasteiger charge is 2.08. The Morgan fingerprint density at radius 3 is 2.94 bits per heavy atom. The van der Waals surface area contributed by atoms with Crippen molar-refractivity contribution in [2.75, 3.05) is 0 Å². The lowest BCUT2D eigenvalue weighted by molar-refractivity contribution is -0.124. The standard InChI is InChI=1S/C13H17N3O/c1-8(2)13(17)14-7-12-15-10-5-4-9(3)6-11(10)16-12/h4-6,8H,7H2,1-3H3,(H,14,17)(H,15,16). The van der Waals surface area contributed by atoms with Gasteiger partial charge in [-0.15, -0.1) is 0 Å². The van der Waals surface area contributed by atoms with Crippen LogP contribution in [-0.4, -0.2) is 15.9 Å². The van der Waals surface area contributed by atoms with Crippen molar-refractivity contribution in [3.05, 3.63) is 29.6 Å². The average molecular weight is 231 g/mol. The quantitative estimate of drug-likeness (QED) is 0.850. The molecule has 0 bridgehead atoms. The van der Waals surface area contributed by atoms with Gasteiger partial charge in [0, 0.05) is 5.92 Å². The lowest BCUT2D eigenvalue weighted by Gasteiger charge is -2.04. The number of hydrogen-bond donors (Lipinski definition) is 2. The molecule has 1 aromatic carbocycles. The van der Waals surface area contributed by atoms with Crippen LogP contribution in [0.5, 0.6) is 0 Å². The lowest BCUT2D eigenvalue weighted by Crippen LogP contribution is -2.27. The Labute approximate surface area is 100 Å². The number of nitrogens with one attached hydrogen (secondary N) is 2. The Kier molecular flexibility index (Phi) is 3.13. The van der Waals surface area contributed by atoms with Gasteiger partial charge in [-0.05, 0) is 24.6 Å². The van der Waals surface area contributed by atoms with E-state index in [4.69, 9.17) is 0 Å². The second-order valence-electron chi connectivity index (χ2n) is 4.58. The van der Waals surface area contributed by atoms with Crippen molar-refractivity contribution in [1.82, 2.24) is 15.3 Å². The van der Waals surface area contributed by atoms with Gasteiger partial charge in [0.15, 0.2) is 0 Å². The maximum Gasteiger partial charge on any atom is 0.222 e. The van der Waals surface area contributed by atoms with E-state index in [1.807, 2.05) is 32.9 Å². The summed E-state index contributed by atoms with van der Waals surface area (Å²) in [6, 6.07) is 6.06. The van der Waals surface area contributed by atoms with E-state index >= 15 is 0 Å². The van der Waals surface area contributed by atoms with E-state index in [1.165, 1.54) is 5.56 Å². The van der Waals surface area contributed by atoms with Crippen LogP contribution in [0.25, 0.3) is 11.0 Å². The molecule has 1 amide bonds. The third kappa shape index (κ3) is 2.64. The van der Waals surface area contributed by atoms with Crippen molar-refractivity contribution >= 4 is 16.9 Å². The highest BCUT2D eigenvalue weighted by atomic mass is 16.1. The fourth-order valence-corrected chi connectivity index (χ4v) is 1.63. The monoisotopic (exact) mass is 231 g/mol. The van der Waals surface area contributed by atoms with E-state index < -0.39 is 0 Å². The first-order valence-electron chi connectivity index (χ1n) is 5.79. The maximum atomic E-state index is 11.4. The van der Waals surface area contributed by atoms with E-state index in [0.29, 0.717) is 6.54 Å². The van der Waals surface area contributed by atoms with Gasteiger partial charge >= 0.3 is 0 Å². The largest absolute Gasteiger partial charge is 0.349 e. The van der Waals surface area contributed by atoms with Crippen LogP contribution in [0.4, 0.5) is 0 Å². The number of amides is 1. The molecule has 1 aromatic heterocycles.